The van der Waals surface area contributed by atoms with Crippen molar-refractivity contribution >= 4 is 17.9 Å². The Morgan fingerprint density at radius 3 is 0.725 bits per heavy atom. The zero-order valence-electron chi connectivity index (χ0n) is 46.9. The fourth-order valence-electron chi connectivity index (χ4n) is 9.56. The number of esters is 3. The van der Waals surface area contributed by atoms with Crippen LogP contribution in [0, 0.1) is 0 Å². The molecule has 69 heavy (non-hydrogen) atoms. The van der Waals surface area contributed by atoms with Crippen molar-refractivity contribution in [3.63, 3.8) is 0 Å². The molecule has 0 saturated heterocycles. The number of hydrogen-bond donors (Lipinski definition) is 0. The molecule has 0 amide bonds. The van der Waals surface area contributed by atoms with Crippen LogP contribution < -0.4 is 0 Å². The van der Waals surface area contributed by atoms with Gasteiger partial charge in [-0.05, 0) is 44.9 Å². The van der Waals surface area contributed by atoms with Gasteiger partial charge in [0.2, 0.25) is 0 Å². The summed E-state index contributed by atoms with van der Waals surface area (Å²) in [5.41, 5.74) is 0. The van der Waals surface area contributed by atoms with Crippen LogP contribution in [0.25, 0.3) is 0 Å². The predicted octanol–water partition coefficient (Wildman–Crippen LogP) is 20.9. The van der Waals surface area contributed by atoms with E-state index in [1.54, 1.807) is 0 Å². The summed E-state index contributed by atoms with van der Waals surface area (Å²) in [6.45, 7) is 6.70. The molecule has 6 heteroatoms. The molecule has 0 bridgehead atoms. The number of hydrogen-bond acceptors (Lipinski definition) is 6. The van der Waals surface area contributed by atoms with E-state index in [1.807, 2.05) is 0 Å². The van der Waals surface area contributed by atoms with Gasteiger partial charge in [-0.1, -0.05) is 303 Å². The van der Waals surface area contributed by atoms with E-state index in [2.05, 4.69) is 32.9 Å². The normalized spacial score (nSPS) is 12.0. The molecule has 408 valence electrons. The summed E-state index contributed by atoms with van der Waals surface area (Å²) < 4.78 is 16.9. The van der Waals surface area contributed by atoms with E-state index in [1.165, 1.54) is 257 Å². The first kappa shape index (κ1) is 67.1. The molecule has 0 fully saturated rings. The van der Waals surface area contributed by atoms with Crippen LogP contribution in [-0.2, 0) is 28.6 Å². The van der Waals surface area contributed by atoms with E-state index < -0.39 is 6.10 Å². The fourth-order valence-corrected chi connectivity index (χ4v) is 9.56. The van der Waals surface area contributed by atoms with E-state index in [9.17, 15) is 14.4 Å². The second-order valence-electron chi connectivity index (χ2n) is 21.3. The van der Waals surface area contributed by atoms with Crippen LogP contribution in [0.1, 0.15) is 355 Å². The van der Waals surface area contributed by atoms with Gasteiger partial charge in [-0.2, -0.15) is 0 Å². The molecule has 0 heterocycles. The first-order chi connectivity index (χ1) is 34.0. The molecule has 0 aliphatic rings. The number of rotatable bonds is 58. The Hall–Kier alpha value is -1.85. The summed E-state index contributed by atoms with van der Waals surface area (Å²) in [7, 11) is 0. The molecule has 0 aromatic heterocycles. The molecule has 0 rings (SSSR count). The van der Waals surface area contributed by atoms with Crippen molar-refractivity contribution in [3.8, 4) is 0 Å². The van der Waals surface area contributed by atoms with Gasteiger partial charge in [0.25, 0.3) is 0 Å². The number of ether oxygens (including phenoxy) is 3. The van der Waals surface area contributed by atoms with Crippen LogP contribution in [0.2, 0.25) is 0 Å². The number of carbonyl (C=O) groups is 3. The highest BCUT2D eigenvalue weighted by molar-refractivity contribution is 5.71. The van der Waals surface area contributed by atoms with Crippen molar-refractivity contribution in [1.82, 2.24) is 0 Å². The summed E-state index contributed by atoms with van der Waals surface area (Å²) >= 11 is 0. The molecule has 0 aromatic carbocycles. The summed E-state index contributed by atoms with van der Waals surface area (Å²) in [6.07, 6.45) is 67.8. The lowest BCUT2D eigenvalue weighted by Crippen LogP contribution is -2.30. The average Bonchev–Trinajstić information content (AvgIpc) is 3.35. The maximum Gasteiger partial charge on any atom is 0.306 e. The topological polar surface area (TPSA) is 78.9 Å². The highest BCUT2D eigenvalue weighted by atomic mass is 16.6. The number of unbranched alkanes of at least 4 members (excludes halogenated alkanes) is 45. The molecule has 0 saturated carbocycles. The first-order valence-electron chi connectivity index (χ1n) is 31.2. The molecule has 0 radical (unpaired) electrons. The van der Waals surface area contributed by atoms with E-state index >= 15 is 0 Å². The third kappa shape index (κ3) is 56.9. The van der Waals surface area contributed by atoms with Crippen molar-refractivity contribution in [2.75, 3.05) is 13.2 Å². The van der Waals surface area contributed by atoms with Crippen molar-refractivity contribution in [2.24, 2.45) is 0 Å². The summed E-state index contributed by atoms with van der Waals surface area (Å²) in [5, 5.41) is 0. The van der Waals surface area contributed by atoms with Gasteiger partial charge in [-0.3, -0.25) is 14.4 Å². The van der Waals surface area contributed by atoms with Gasteiger partial charge in [-0.15, -0.1) is 0 Å². The largest absolute Gasteiger partial charge is 0.462 e. The molecule has 1 unspecified atom stereocenters. The van der Waals surface area contributed by atoms with Crippen molar-refractivity contribution in [2.45, 2.75) is 361 Å². The Labute approximate surface area is 431 Å². The van der Waals surface area contributed by atoms with E-state index in [4.69, 9.17) is 14.2 Å². The van der Waals surface area contributed by atoms with Crippen LogP contribution in [-0.4, -0.2) is 37.2 Å². The third-order valence-electron chi connectivity index (χ3n) is 14.3. The highest BCUT2D eigenvalue weighted by Gasteiger charge is 2.19. The predicted molar refractivity (Wildman–Crippen MR) is 298 cm³/mol. The monoisotopic (exact) mass is 973 g/mol. The average molecular weight is 974 g/mol. The standard InChI is InChI=1S/C63H120O6/c1-4-7-10-13-16-19-22-25-28-30-31-32-34-35-38-41-44-47-50-53-56-62(65)68-59-60(58-67-61(64)55-52-49-46-43-40-37-27-24-21-18-15-12-9-6-3)69-63(66)57-54-51-48-45-42-39-36-33-29-26-23-20-17-14-11-8-5-2/h26,29,60H,4-25,27-28,30-59H2,1-3H3/b29-26-. The lowest BCUT2D eigenvalue weighted by Gasteiger charge is -2.18. The molecular formula is C63H120O6. The minimum absolute atomic E-state index is 0.0653. The SMILES string of the molecule is CCCCCCCC/C=C\CCCCCCCCCC(=O)OC(COC(=O)CCCCCCCCCCCCCCCC)COC(=O)CCCCCCCCCCCCCCCCCCCCCC. The fraction of sp³-hybridized carbons (Fsp3) is 0.921. The smallest absolute Gasteiger partial charge is 0.306 e. The van der Waals surface area contributed by atoms with Gasteiger partial charge in [-0.25, -0.2) is 0 Å². The Morgan fingerprint density at radius 2 is 0.478 bits per heavy atom. The molecule has 0 aliphatic carbocycles. The van der Waals surface area contributed by atoms with Gasteiger partial charge in [0, 0.05) is 19.3 Å². The van der Waals surface area contributed by atoms with Gasteiger partial charge >= 0.3 is 17.9 Å². The Morgan fingerprint density at radius 1 is 0.275 bits per heavy atom. The maximum absolute atomic E-state index is 12.9. The quantitative estimate of drug-likeness (QED) is 0.0261. The molecule has 6 nitrogen and oxygen atoms in total. The van der Waals surface area contributed by atoms with Gasteiger partial charge in [0.15, 0.2) is 6.10 Å². The van der Waals surface area contributed by atoms with Crippen molar-refractivity contribution in [1.29, 1.82) is 0 Å². The van der Waals surface area contributed by atoms with E-state index in [-0.39, 0.29) is 31.1 Å². The van der Waals surface area contributed by atoms with Crippen LogP contribution >= 0.6 is 0 Å². The van der Waals surface area contributed by atoms with E-state index in [0.717, 1.165) is 57.8 Å². The Bertz CT molecular complexity index is 1070. The first-order valence-corrected chi connectivity index (χ1v) is 31.2. The van der Waals surface area contributed by atoms with Crippen LogP contribution in [0.15, 0.2) is 12.2 Å². The zero-order valence-corrected chi connectivity index (χ0v) is 46.9. The van der Waals surface area contributed by atoms with E-state index in [0.29, 0.717) is 19.3 Å². The summed E-state index contributed by atoms with van der Waals surface area (Å²) in [4.78, 5) is 38.2. The Kier molecular flexibility index (Phi) is 57.1. The minimum Gasteiger partial charge on any atom is -0.462 e. The van der Waals surface area contributed by atoms with Crippen molar-refractivity contribution < 1.29 is 28.6 Å². The molecule has 0 aliphatic heterocycles. The van der Waals surface area contributed by atoms with Gasteiger partial charge < -0.3 is 14.2 Å². The second-order valence-corrected chi connectivity index (χ2v) is 21.3. The number of allylic oxidation sites excluding steroid dienone is 2. The summed E-state index contributed by atoms with van der Waals surface area (Å²) in [6, 6.07) is 0. The van der Waals surface area contributed by atoms with Gasteiger partial charge in [0.1, 0.15) is 13.2 Å². The molecule has 0 spiro atoms. The second kappa shape index (κ2) is 58.7. The summed E-state index contributed by atoms with van der Waals surface area (Å²) in [5.74, 6) is -0.841. The third-order valence-corrected chi connectivity index (χ3v) is 14.3. The van der Waals surface area contributed by atoms with Crippen LogP contribution in [0.5, 0.6) is 0 Å². The van der Waals surface area contributed by atoms with Crippen molar-refractivity contribution in [3.05, 3.63) is 12.2 Å². The van der Waals surface area contributed by atoms with Crippen LogP contribution in [0.4, 0.5) is 0 Å². The molecule has 0 N–H and O–H groups in total. The van der Waals surface area contributed by atoms with Crippen LogP contribution in [0.3, 0.4) is 0 Å². The lowest BCUT2D eigenvalue weighted by atomic mass is 10.0. The lowest BCUT2D eigenvalue weighted by molar-refractivity contribution is -0.167. The minimum atomic E-state index is -0.767. The maximum atomic E-state index is 12.9. The Balaban J connectivity index is 4.28. The molecule has 1 atom stereocenters. The zero-order chi connectivity index (χ0) is 50.0. The molecule has 0 aromatic rings. The highest BCUT2D eigenvalue weighted by Crippen LogP contribution is 2.18. The molecular weight excluding hydrogens is 853 g/mol. The van der Waals surface area contributed by atoms with Gasteiger partial charge in [0.05, 0.1) is 0 Å². The number of carbonyl (C=O) groups excluding carboxylic acids is 3.